The standard InChI is InChI=1S/C22H24BrN5O2S.ClH/c1-28-8-7-17-19(11-28)31-22(27-17)21(30)26-16-4-2-3-15(16)25-20(29)18-10-12-9-13(23)5-6-14(12)24-18;/h5-6,9-10,15-16,24H,2-4,7-8,11H2,1H3,(H,25,29)(H,26,30);1H/t15-,16-;/m0./s1. The van der Waals surface area contributed by atoms with Crippen LogP contribution in [0.3, 0.4) is 0 Å². The number of hydrogen-bond donors (Lipinski definition) is 3. The lowest BCUT2D eigenvalue weighted by Crippen LogP contribution is -2.48. The van der Waals surface area contributed by atoms with E-state index in [4.69, 9.17) is 0 Å². The molecule has 0 saturated heterocycles. The van der Waals surface area contributed by atoms with Crippen molar-refractivity contribution >= 4 is 62.4 Å². The summed E-state index contributed by atoms with van der Waals surface area (Å²) in [6.07, 6.45) is 3.55. The zero-order valence-corrected chi connectivity index (χ0v) is 20.8. The quantitative estimate of drug-likeness (QED) is 0.470. The van der Waals surface area contributed by atoms with Gasteiger partial charge in [-0.2, -0.15) is 0 Å². The number of rotatable bonds is 4. The number of hydrogen-bond acceptors (Lipinski definition) is 5. The molecule has 0 bridgehead atoms. The van der Waals surface area contributed by atoms with E-state index < -0.39 is 0 Å². The Morgan fingerprint density at radius 1 is 1.19 bits per heavy atom. The third-order valence-corrected chi connectivity index (χ3v) is 7.67. The van der Waals surface area contributed by atoms with Gasteiger partial charge in [-0.15, -0.1) is 23.7 Å². The molecule has 3 aromatic rings. The number of carbonyl (C=O) groups excluding carboxylic acids is 2. The fourth-order valence-electron chi connectivity index (χ4n) is 4.43. The first-order chi connectivity index (χ1) is 15.0. The summed E-state index contributed by atoms with van der Waals surface area (Å²) in [5.41, 5.74) is 2.50. The van der Waals surface area contributed by atoms with E-state index in [1.807, 2.05) is 24.3 Å². The topological polar surface area (TPSA) is 90.1 Å². The molecule has 170 valence electrons. The van der Waals surface area contributed by atoms with Crippen molar-refractivity contribution in [2.45, 2.75) is 44.3 Å². The molecule has 1 fully saturated rings. The molecule has 0 spiro atoms. The van der Waals surface area contributed by atoms with Gasteiger partial charge in [0.1, 0.15) is 5.69 Å². The van der Waals surface area contributed by atoms with Crippen LogP contribution < -0.4 is 10.6 Å². The van der Waals surface area contributed by atoms with Gasteiger partial charge in [-0.05, 0) is 50.6 Å². The highest BCUT2D eigenvalue weighted by atomic mass is 79.9. The van der Waals surface area contributed by atoms with Crippen LogP contribution in [0, 0.1) is 0 Å². The van der Waals surface area contributed by atoms with Gasteiger partial charge in [0, 0.05) is 51.8 Å². The summed E-state index contributed by atoms with van der Waals surface area (Å²) in [4.78, 5) is 36.9. The lowest BCUT2D eigenvalue weighted by Gasteiger charge is -2.21. The monoisotopic (exact) mass is 537 g/mol. The molecule has 32 heavy (non-hydrogen) atoms. The molecule has 3 heterocycles. The van der Waals surface area contributed by atoms with E-state index in [-0.39, 0.29) is 36.3 Å². The Bertz CT molecular complexity index is 1160. The highest BCUT2D eigenvalue weighted by Gasteiger charge is 2.32. The molecule has 0 radical (unpaired) electrons. The molecular formula is C22H25BrClN5O2S. The second-order valence-electron chi connectivity index (χ2n) is 8.38. The van der Waals surface area contributed by atoms with Gasteiger partial charge in [-0.1, -0.05) is 15.9 Å². The third-order valence-electron chi connectivity index (χ3n) is 6.09. The molecular weight excluding hydrogens is 514 g/mol. The number of halogens is 2. The number of fused-ring (bicyclic) bond motifs is 2. The Labute approximate surface area is 204 Å². The zero-order valence-electron chi connectivity index (χ0n) is 17.6. The molecule has 2 atom stereocenters. The molecule has 5 rings (SSSR count). The lowest BCUT2D eigenvalue weighted by atomic mass is 10.1. The second kappa shape index (κ2) is 9.51. The van der Waals surface area contributed by atoms with E-state index in [1.165, 1.54) is 16.2 Å². The zero-order chi connectivity index (χ0) is 21.5. The average Bonchev–Trinajstić information content (AvgIpc) is 3.45. The van der Waals surface area contributed by atoms with Crippen molar-refractivity contribution in [2.75, 3.05) is 13.6 Å². The number of benzene rings is 1. The van der Waals surface area contributed by atoms with Crippen LogP contribution in [0.25, 0.3) is 10.9 Å². The summed E-state index contributed by atoms with van der Waals surface area (Å²) in [6, 6.07) is 7.55. The van der Waals surface area contributed by atoms with Crippen molar-refractivity contribution in [3.05, 3.63) is 50.0 Å². The number of aromatic amines is 1. The maximum Gasteiger partial charge on any atom is 0.280 e. The molecule has 2 aliphatic rings. The summed E-state index contributed by atoms with van der Waals surface area (Å²) < 4.78 is 0.972. The Morgan fingerprint density at radius 2 is 1.94 bits per heavy atom. The Balaban J connectivity index is 0.00000245. The Morgan fingerprint density at radius 3 is 2.72 bits per heavy atom. The molecule has 1 aromatic carbocycles. The molecule has 1 aliphatic carbocycles. The summed E-state index contributed by atoms with van der Waals surface area (Å²) in [6.45, 7) is 1.82. The van der Waals surface area contributed by atoms with Crippen LogP contribution in [0.15, 0.2) is 28.7 Å². The lowest BCUT2D eigenvalue weighted by molar-refractivity contribution is 0.0889. The predicted molar refractivity (Wildman–Crippen MR) is 132 cm³/mol. The fraction of sp³-hybridized carbons (Fsp3) is 0.409. The largest absolute Gasteiger partial charge is 0.351 e. The minimum absolute atomic E-state index is 0. The molecule has 7 nitrogen and oxygen atoms in total. The van der Waals surface area contributed by atoms with Crippen molar-refractivity contribution in [1.29, 1.82) is 0 Å². The first kappa shape index (κ1) is 23.2. The third kappa shape index (κ3) is 4.71. The smallest absolute Gasteiger partial charge is 0.280 e. The number of aromatic nitrogens is 2. The van der Waals surface area contributed by atoms with Crippen molar-refractivity contribution in [3.8, 4) is 0 Å². The van der Waals surface area contributed by atoms with Gasteiger partial charge < -0.3 is 20.5 Å². The van der Waals surface area contributed by atoms with Gasteiger partial charge in [0.2, 0.25) is 0 Å². The highest BCUT2D eigenvalue weighted by Crippen LogP contribution is 2.26. The van der Waals surface area contributed by atoms with Gasteiger partial charge in [-0.25, -0.2) is 4.98 Å². The van der Waals surface area contributed by atoms with Crippen molar-refractivity contribution < 1.29 is 9.59 Å². The van der Waals surface area contributed by atoms with Crippen LogP contribution in [-0.4, -0.2) is 52.4 Å². The van der Waals surface area contributed by atoms with Gasteiger partial charge >= 0.3 is 0 Å². The summed E-state index contributed by atoms with van der Waals surface area (Å²) in [5.74, 6) is -0.283. The van der Waals surface area contributed by atoms with Gasteiger partial charge in [0.25, 0.3) is 11.8 Å². The van der Waals surface area contributed by atoms with Crippen LogP contribution in [0.1, 0.15) is 50.1 Å². The van der Waals surface area contributed by atoms with Crippen LogP contribution in [-0.2, 0) is 13.0 Å². The van der Waals surface area contributed by atoms with E-state index in [2.05, 4.69) is 48.5 Å². The number of carbonyl (C=O) groups is 2. The first-order valence-electron chi connectivity index (χ1n) is 10.5. The van der Waals surface area contributed by atoms with Gasteiger partial charge in [0.05, 0.1) is 5.69 Å². The number of nitrogens with zero attached hydrogens (tertiary/aromatic N) is 2. The van der Waals surface area contributed by atoms with E-state index in [9.17, 15) is 9.59 Å². The average molecular weight is 539 g/mol. The van der Waals surface area contributed by atoms with Crippen LogP contribution in [0.4, 0.5) is 0 Å². The van der Waals surface area contributed by atoms with Gasteiger partial charge in [0.15, 0.2) is 5.01 Å². The van der Waals surface area contributed by atoms with E-state index in [0.717, 1.165) is 59.8 Å². The number of likely N-dealkylation sites (N-methyl/N-ethyl adjacent to an activating group) is 1. The number of thiazole rings is 1. The number of amides is 2. The van der Waals surface area contributed by atoms with Crippen molar-refractivity contribution in [1.82, 2.24) is 25.5 Å². The van der Waals surface area contributed by atoms with Crippen LogP contribution in [0.5, 0.6) is 0 Å². The summed E-state index contributed by atoms with van der Waals surface area (Å²) in [5, 5.41) is 7.74. The predicted octanol–water partition coefficient (Wildman–Crippen LogP) is 3.88. The van der Waals surface area contributed by atoms with Crippen molar-refractivity contribution in [2.24, 2.45) is 0 Å². The molecule has 3 N–H and O–H groups in total. The fourth-order valence-corrected chi connectivity index (χ4v) is 5.90. The SMILES string of the molecule is CN1CCc2nc(C(=O)N[C@H]3CCC[C@@H]3NC(=O)c3cc4cc(Br)ccc4[nH]3)sc2C1.Cl. The minimum atomic E-state index is -0.147. The van der Waals surface area contributed by atoms with Gasteiger partial charge in [-0.3, -0.25) is 9.59 Å². The molecule has 2 amide bonds. The Hall–Kier alpha value is -1.94. The van der Waals surface area contributed by atoms with E-state index >= 15 is 0 Å². The Kier molecular flexibility index (Phi) is 6.90. The summed E-state index contributed by atoms with van der Waals surface area (Å²) in [7, 11) is 2.08. The summed E-state index contributed by atoms with van der Waals surface area (Å²) >= 11 is 4.94. The maximum atomic E-state index is 12.9. The molecule has 10 heteroatoms. The minimum Gasteiger partial charge on any atom is -0.351 e. The molecule has 1 aliphatic heterocycles. The molecule has 0 unspecified atom stereocenters. The molecule has 1 saturated carbocycles. The van der Waals surface area contributed by atoms with E-state index in [0.29, 0.717) is 10.7 Å². The number of H-pyrrole nitrogens is 1. The highest BCUT2D eigenvalue weighted by molar-refractivity contribution is 9.10. The molecule has 2 aromatic heterocycles. The number of nitrogens with one attached hydrogen (secondary N) is 3. The normalized spacial score (nSPS) is 20.6. The second-order valence-corrected chi connectivity index (χ2v) is 10.4. The van der Waals surface area contributed by atoms with Crippen molar-refractivity contribution in [3.63, 3.8) is 0 Å². The maximum absolute atomic E-state index is 12.9. The first-order valence-corrected chi connectivity index (χ1v) is 12.1. The van der Waals surface area contributed by atoms with Crippen LogP contribution >= 0.6 is 39.7 Å². The van der Waals surface area contributed by atoms with E-state index in [1.54, 1.807) is 0 Å². The van der Waals surface area contributed by atoms with Crippen LogP contribution in [0.2, 0.25) is 0 Å².